The topological polar surface area (TPSA) is 90.7 Å². The molecule has 0 bridgehead atoms. The van der Waals surface area contributed by atoms with Gasteiger partial charge in [0, 0.05) is 25.7 Å². The number of benzene rings is 1. The van der Waals surface area contributed by atoms with Crippen LogP contribution in [0.25, 0.3) is 0 Å². The van der Waals surface area contributed by atoms with Crippen LogP contribution < -0.4 is 0 Å². The molecule has 0 N–H and O–H groups in total. The van der Waals surface area contributed by atoms with Crippen molar-refractivity contribution in [2.45, 2.75) is 64.0 Å². The highest BCUT2D eigenvalue weighted by atomic mass is 32.2. The average molecular weight is 422 g/mol. The molecule has 0 spiro atoms. The minimum absolute atomic E-state index is 0.0209. The minimum Gasteiger partial charge on any atom is -0.444 e. The molecule has 1 amide bonds. The number of hydrogen-bond donors (Lipinski definition) is 0. The molecule has 1 saturated heterocycles. The molecule has 1 fully saturated rings. The largest absolute Gasteiger partial charge is 0.444 e. The first-order valence-corrected chi connectivity index (χ1v) is 11.4. The second-order valence-electron chi connectivity index (χ2n) is 8.74. The fraction of sp³-hybridized carbons (Fsp3) is 0.619. The lowest BCUT2D eigenvalue weighted by Crippen LogP contribution is -2.48. The molecule has 8 heteroatoms. The van der Waals surface area contributed by atoms with Crippen molar-refractivity contribution < 1.29 is 17.9 Å². The molecule has 0 saturated carbocycles. The summed E-state index contributed by atoms with van der Waals surface area (Å²) in [6, 6.07) is 8.01. The lowest BCUT2D eigenvalue weighted by atomic mass is 9.98. The van der Waals surface area contributed by atoms with E-state index in [2.05, 4.69) is 0 Å². The third-order valence-corrected chi connectivity index (χ3v) is 6.65. The van der Waals surface area contributed by atoms with Crippen molar-refractivity contribution in [3.8, 4) is 6.07 Å². The first-order chi connectivity index (χ1) is 13.4. The highest BCUT2D eigenvalue weighted by Gasteiger charge is 2.33. The number of nitriles is 1. The van der Waals surface area contributed by atoms with Crippen LogP contribution in [0.15, 0.2) is 29.2 Å². The molecule has 2 rings (SSSR count). The van der Waals surface area contributed by atoms with E-state index in [1.54, 1.807) is 17.0 Å². The van der Waals surface area contributed by atoms with Crippen LogP contribution in [0.5, 0.6) is 0 Å². The summed E-state index contributed by atoms with van der Waals surface area (Å²) in [5.41, 5.74) is -0.270. The van der Waals surface area contributed by atoms with Crippen molar-refractivity contribution in [1.29, 1.82) is 5.26 Å². The summed E-state index contributed by atoms with van der Waals surface area (Å²) < 4.78 is 33.1. The zero-order valence-corrected chi connectivity index (χ0v) is 18.7. The molecule has 0 unspecified atom stereocenters. The summed E-state index contributed by atoms with van der Waals surface area (Å²) in [4.78, 5) is 14.4. The van der Waals surface area contributed by atoms with E-state index in [-0.39, 0.29) is 22.9 Å². The number of sulfonamides is 1. The number of ether oxygens (including phenoxy) is 1. The van der Waals surface area contributed by atoms with Crippen molar-refractivity contribution in [3.05, 3.63) is 29.8 Å². The molecular formula is C21H31N3O4S. The Bertz CT molecular complexity index is 869. The van der Waals surface area contributed by atoms with Crippen molar-refractivity contribution >= 4 is 16.1 Å². The zero-order valence-electron chi connectivity index (χ0n) is 17.9. The molecule has 0 radical (unpaired) electrons. The van der Waals surface area contributed by atoms with E-state index in [4.69, 9.17) is 10.00 Å². The van der Waals surface area contributed by atoms with E-state index >= 15 is 0 Å². The third kappa shape index (κ3) is 6.18. The van der Waals surface area contributed by atoms with Crippen LogP contribution in [-0.2, 0) is 14.8 Å². The fourth-order valence-corrected chi connectivity index (χ4v) is 4.97. The molecule has 0 aliphatic carbocycles. The van der Waals surface area contributed by atoms with Gasteiger partial charge in [-0.2, -0.15) is 9.57 Å². The van der Waals surface area contributed by atoms with E-state index in [9.17, 15) is 13.2 Å². The van der Waals surface area contributed by atoms with E-state index in [0.29, 0.717) is 25.2 Å². The van der Waals surface area contributed by atoms with Gasteiger partial charge in [-0.15, -0.1) is 0 Å². The first kappa shape index (κ1) is 23.2. The van der Waals surface area contributed by atoms with Crippen molar-refractivity contribution in [2.75, 3.05) is 19.6 Å². The normalized spacial score (nSPS) is 18.3. The summed E-state index contributed by atoms with van der Waals surface area (Å²) in [6.07, 6.45) is 1.19. The molecule has 1 aromatic rings. The van der Waals surface area contributed by atoms with Crippen LogP contribution in [0.4, 0.5) is 4.79 Å². The van der Waals surface area contributed by atoms with Gasteiger partial charge in [0.2, 0.25) is 10.0 Å². The lowest BCUT2D eigenvalue weighted by Gasteiger charge is -2.37. The SMILES string of the molecule is CC(C)N(C[C@H]1CCCN(S(=O)(=O)c2cccc(C#N)c2)C1)C(=O)OC(C)(C)C. The number of amides is 1. The number of piperidine rings is 1. The second-order valence-corrected chi connectivity index (χ2v) is 10.7. The monoisotopic (exact) mass is 421 g/mol. The Balaban J connectivity index is 2.14. The van der Waals surface area contributed by atoms with Gasteiger partial charge in [0.25, 0.3) is 0 Å². The van der Waals surface area contributed by atoms with Crippen LogP contribution in [0.3, 0.4) is 0 Å². The third-order valence-electron chi connectivity index (χ3n) is 4.79. The van der Waals surface area contributed by atoms with E-state index in [1.165, 1.54) is 16.4 Å². The van der Waals surface area contributed by atoms with Gasteiger partial charge in [0.1, 0.15) is 5.60 Å². The Morgan fingerprint density at radius 1 is 1.38 bits per heavy atom. The highest BCUT2D eigenvalue weighted by molar-refractivity contribution is 7.89. The smallest absolute Gasteiger partial charge is 0.410 e. The predicted molar refractivity (Wildman–Crippen MR) is 111 cm³/mol. The van der Waals surface area contributed by atoms with E-state index < -0.39 is 15.6 Å². The maximum absolute atomic E-state index is 13.1. The molecule has 160 valence electrons. The van der Waals surface area contributed by atoms with Gasteiger partial charge in [-0.05, 0) is 71.6 Å². The molecule has 1 aromatic carbocycles. The maximum atomic E-state index is 13.1. The summed E-state index contributed by atoms with van der Waals surface area (Å²) in [5.74, 6) is 0.0209. The molecule has 7 nitrogen and oxygen atoms in total. The van der Waals surface area contributed by atoms with Crippen LogP contribution in [0.2, 0.25) is 0 Å². The summed E-state index contributed by atoms with van der Waals surface area (Å²) in [5, 5.41) is 9.06. The minimum atomic E-state index is -3.69. The number of nitrogens with zero attached hydrogens (tertiary/aromatic N) is 3. The highest BCUT2D eigenvalue weighted by Crippen LogP contribution is 2.26. The first-order valence-electron chi connectivity index (χ1n) is 9.94. The van der Waals surface area contributed by atoms with Gasteiger partial charge < -0.3 is 9.64 Å². The molecule has 1 aliphatic heterocycles. The zero-order chi connectivity index (χ0) is 21.8. The Labute approximate surface area is 174 Å². The summed E-state index contributed by atoms with van der Waals surface area (Å²) in [7, 11) is -3.69. The number of hydrogen-bond acceptors (Lipinski definition) is 5. The molecule has 0 aromatic heterocycles. The van der Waals surface area contributed by atoms with E-state index in [1.807, 2.05) is 40.7 Å². The van der Waals surface area contributed by atoms with Crippen molar-refractivity contribution in [1.82, 2.24) is 9.21 Å². The molecule has 29 heavy (non-hydrogen) atoms. The number of carbonyl (C=O) groups excluding carboxylic acids is 1. The van der Waals surface area contributed by atoms with Gasteiger partial charge in [0.15, 0.2) is 0 Å². The van der Waals surface area contributed by atoms with Gasteiger partial charge in [-0.1, -0.05) is 6.07 Å². The quantitative estimate of drug-likeness (QED) is 0.724. The average Bonchev–Trinajstić information content (AvgIpc) is 2.64. The van der Waals surface area contributed by atoms with Crippen LogP contribution in [0, 0.1) is 17.2 Å². The Morgan fingerprint density at radius 2 is 2.07 bits per heavy atom. The van der Waals surface area contributed by atoms with Crippen LogP contribution >= 0.6 is 0 Å². The molecule has 1 atom stereocenters. The van der Waals surface area contributed by atoms with Gasteiger partial charge in [-0.25, -0.2) is 13.2 Å². The molecule has 1 heterocycles. The summed E-state index contributed by atoms with van der Waals surface area (Å²) in [6.45, 7) is 10.5. The van der Waals surface area contributed by atoms with Crippen LogP contribution in [-0.4, -0.2) is 55.0 Å². The van der Waals surface area contributed by atoms with Crippen LogP contribution in [0.1, 0.15) is 53.0 Å². The summed E-state index contributed by atoms with van der Waals surface area (Å²) >= 11 is 0. The Hall–Kier alpha value is -2.11. The standard InChI is InChI=1S/C21H31N3O4S/c1-16(2)24(20(25)28-21(3,4)5)15-18-9-7-11-23(14-18)29(26,27)19-10-6-8-17(12-19)13-22/h6,8,10,12,16,18H,7,9,11,14-15H2,1-5H3/t18-/m0/s1. The van der Waals surface area contributed by atoms with Crippen molar-refractivity contribution in [3.63, 3.8) is 0 Å². The van der Waals surface area contributed by atoms with Gasteiger partial charge in [-0.3, -0.25) is 0 Å². The lowest BCUT2D eigenvalue weighted by molar-refractivity contribution is 0.0138. The van der Waals surface area contributed by atoms with E-state index in [0.717, 1.165) is 12.8 Å². The maximum Gasteiger partial charge on any atom is 0.410 e. The second kappa shape index (κ2) is 9.14. The van der Waals surface area contributed by atoms with Gasteiger partial charge in [0.05, 0.1) is 16.5 Å². The number of carbonyl (C=O) groups is 1. The molecule has 1 aliphatic rings. The number of rotatable bonds is 5. The fourth-order valence-electron chi connectivity index (χ4n) is 3.36. The Kier molecular flexibility index (Phi) is 7.30. The molecular weight excluding hydrogens is 390 g/mol. The van der Waals surface area contributed by atoms with Crippen molar-refractivity contribution in [2.24, 2.45) is 5.92 Å². The predicted octanol–water partition coefficient (Wildman–Crippen LogP) is 3.60. The Morgan fingerprint density at radius 3 is 2.66 bits per heavy atom. The van der Waals surface area contributed by atoms with Gasteiger partial charge >= 0.3 is 6.09 Å².